The van der Waals surface area contributed by atoms with Crippen molar-refractivity contribution in [3.05, 3.63) is 53.0 Å². The van der Waals surface area contributed by atoms with Crippen molar-refractivity contribution < 1.29 is 0 Å². The maximum absolute atomic E-state index is 4.23. The molecule has 18 heavy (non-hydrogen) atoms. The highest BCUT2D eigenvalue weighted by Crippen LogP contribution is 2.23. The van der Waals surface area contributed by atoms with Crippen molar-refractivity contribution >= 4 is 5.82 Å². The Kier molecular flexibility index (Phi) is 3.60. The van der Waals surface area contributed by atoms with Gasteiger partial charge < -0.3 is 5.32 Å². The number of hydrogen-bond acceptors (Lipinski definition) is 3. The van der Waals surface area contributed by atoms with Crippen molar-refractivity contribution in [2.75, 3.05) is 5.32 Å². The first-order valence-electron chi connectivity index (χ1n) is 6.19. The van der Waals surface area contributed by atoms with Crippen LogP contribution in [0.15, 0.2) is 30.6 Å². The maximum atomic E-state index is 4.23. The molecule has 2 aromatic rings. The molecule has 0 aliphatic carbocycles. The second kappa shape index (κ2) is 5.17. The van der Waals surface area contributed by atoms with Crippen LogP contribution >= 0.6 is 0 Å². The summed E-state index contributed by atoms with van der Waals surface area (Å²) >= 11 is 0. The first-order valence-corrected chi connectivity index (χ1v) is 6.19. The van der Waals surface area contributed by atoms with Crippen LogP contribution < -0.4 is 5.32 Å². The summed E-state index contributed by atoms with van der Waals surface area (Å²) in [5.41, 5.74) is 4.94. The molecule has 3 nitrogen and oxygen atoms in total. The van der Waals surface area contributed by atoms with Crippen LogP contribution in [0.2, 0.25) is 0 Å². The average molecular weight is 241 g/mol. The van der Waals surface area contributed by atoms with E-state index in [1.54, 1.807) is 6.33 Å². The average Bonchev–Trinajstić information content (AvgIpc) is 2.32. The minimum absolute atomic E-state index is 0.235. The quantitative estimate of drug-likeness (QED) is 0.892. The molecular formula is C15H19N3. The van der Waals surface area contributed by atoms with Crippen molar-refractivity contribution in [2.45, 2.75) is 33.7 Å². The lowest BCUT2D eigenvalue weighted by Gasteiger charge is -2.18. The fraction of sp³-hybridized carbons (Fsp3) is 0.333. The normalized spacial score (nSPS) is 12.2. The van der Waals surface area contributed by atoms with Gasteiger partial charge in [-0.3, -0.25) is 0 Å². The van der Waals surface area contributed by atoms with E-state index in [-0.39, 0.29) is 6.04 Å². The summed E-state index contributed by atoms with van der Waals surface area (Å²) in [4.78, 5) is 8.34. The van der Waals surface area contributed by atoms with Crippen LogP contribution in [0.1, 0.15) is 35.3 Å². The molecule has 0 amide bonds. The van der Waals surface area contributed by atoms with Crippen LogP contribution in [0.5, 0.6) is 0 Å². The molecule has 1 heterocycles. The summed E-state index contributed by atoms with van der Waals surface area (Å²) < 4.78 is 0. The first-order chi connectivity index (χ1) is 8.58. The fourth-order valence-electron chi connectivity index (χ4n) is 2.08. The number of aromatic nitrogens is 2. The summed E-state index contributed by atoms with van der Waals surface area (Å²) in [5.74, 6) is 0.871. The molecule has 2 rings (SSSR count). The molecule has 0 aliphatic rings. The van der Waals surface area contributed by atoms with Crippen molar-refractivity contribution in [3.63, 3.8) is 0 Å². The minimum Gasteiger partial charge on any atom is -0.363 e. The van der Waals surface area contributed by atoms with Gasteiger partial charge in [0.1, 0.15) is 12.1 Å². The SMILES string of the molecule is Cc1cc(NC(C)c2cccc(C)c2C)ncn1. The lowest BCUT2D eigenvalue weighted by molar-refractivity contribution is 0.858. The molecule has 0 bridgehead atoms. The third kappa shape index (κ3) is 2.67. The van der Waals surface area contributed by atoms with E-state index in [9.17, 15) is 0 Å². The largest absolute Gasteiger partial charge is 0.363 e. The van der Waals surface area contributed by atoms with Crippen LogP contribution in [0.4, 0.5) is 5.82 Å². The van der Waals surface area contributed by atoms with Gasteiger partial charge in [-0.2, -0.15) is 0 Å². The molecule has 0 saturated heterocycles. The second-order valence-corrected chi connectivity index (χ2v) is 4.70. The molecule has 0 radical (unpaired) electrons. The summed E-state index contributed by atoms with van der Waals surface area (Å²) in [5, 5.41) is 3.42. The molecule has 1 atom stereocenters. The van der Waals surface area contributed by atoms with Gasteiger partial charge in [-0.05, 0) is 44.4 Å². The molecule has 1 unspecified atom stereocenters. The van der Waals surface area contributed by atoms with Gasteiger partial charge in [0.15, 0.2) is 0 Å². The third-order valence-electron chi connectivity index (χ3n) is 3.28. The number of hydrogen-bond donors (Lipinski definition) is 1. The summed E-state index contributed by atoms with van der Waals surface area (Å²) in [6.45, 7) is 8.42. The Bertz CT molecular complexity index is 549. The topological polar surface area (TPSA) is 37.8 Å². The molecule has 0 fully saturated rings. The van der Waals surface area contributed by atoms with Gasteiger partial charge in [-0.15, -0.1) is 0 Å². The van der Waals surface area contributed by atoms with Crippen LogP contribution in [-0.2, 0) is 0 Å². The van der Waals surface area contributed by atoms with E-state index >= 15 is 0 Å². The molecular weight excluding hydrogens is 222 g/mol. The van der Waals surface area contributed by atoms with E-state index in [4.69, 9.17) is 0 Å². The van der Waals surface area contributed by atoms with Crippen LogP contribution in [0, 0.1) is 20.8 Å². The predicted molar refractivity (Wildman–Crippen MR) is 74.7 cm³/mol. The molecule has 94 valence electrons. The van der Waals surface area contributed by atoms with E-state index in [1.807, 2.05) is 13.0 Å². The number of benzene rings is 1. The zero-order valence-corrected chi connectivity index (χ0v) is 11.4. The van der Waals surface area contributed by atoms with Crippen molar-refractivity contribution in [1.29, 1.82) is 0 Å². The highest BCUT2D eigenvalue weighted by molar-refractivity contribution is 5.42. The maximum Gasteiger partial charge on any atom is 0.130 e. The Morgan fingerprint density at radius 3 is 2.61 bits per heavy atom. The molecule has 1 aromatic carbocycles. The summed E-state index contributed by atoms with van der Waals surface area (Å²) in [6, 6.07) is 8.59. The number of rotatable bonds is 3. The second-order valence-electron chi connectivity index (χ2n) is 4.70. The number of nitrogens with one attached hydrogen (secondary N) is 1. The molecule has 0 aliphatic heterocycles. The molecule has 3 heteroatoms. The number of aryl methyl sites for hydroxylation is 2. The Labute approximate surface area is 108 Å². The van der Waals surface area contributed by atoms with Gasteiger partial charge in [0.2, 0.25) is 0 Å². The van der Waals surface area contributed by atoms with Gasteiger partial charge in [0, 0.05) is 11.8 Å². The first kappa shape index (κ1) is 12.6. The standard InChI is InChI=1S/C15H19N3/c1-10-6-5-7-14(12(10)3)13(4)18-15-8-11(2)16-9-17-15/h5-9,13H,1-4H3,(H,16,17,18). The Balaban J connectivity index is 2.22. The van der Waals surface area contributed by atoms with E-state index in [1.165, 1.54) is 16.7 Å². The van der Waals surface area contributed by atoms with Crippen molar-refractivity contribution in [2.24, 2.45) is 0 Å². The summed E-state index contributed by atoms with van der Waals surface area (Å²) in [7, 11) is 0. The van der Waals surface area contributed by atoms with Crippen LogP contribution in [-0.4, -0.2) is 9.97 Å². The molecule has 0 spiro atoms. The monoisotopic (exact) mass is 241 g/mol. The van der Waals surface area contributed by atoms with Crippen molar-refractivity contribution in [1.82, 2.24) is 9.97 Å². The smallest absolute Gasteiger partial charge is 0.130 e. The lowest BCUT2D eigenvalue weighted by Crippen LogP contribution is -2.10. The van der Waals surface area contributed by atoms with Gasteiger partial charge in [0.05, 0.1) is 6.04 Å². The van der Waals surface area contributed by atoms with Gasteiger partial charge in [0.25, 0.3) is 0 Å². The summed E-state index contributed by atoms with van der Waals surface area (Å²) in [6.07, 6.45) is 1.59. The molecule has 1 N–H and O–H groups in total. The number of nitrogens with zero attached hydrogens (tertiary/aromatic N) is 2. The highest BCUT2D eigenvalue weighted by atomic mass is 15.0. The minimum atomic E-state index is 0.235. The predicted octanol–water partition coefficient (Wildman–Crippen LogP) is 3.57. The van der Waals surface area contributed by atoms with Gasteiger partial charge in [-0.1, -0.05) is 18.2 Å². The highest BCUT2D eigenvalue weighted by Gasteiger charge is 2.09. The van der Waals surface area contributed by atoms with E-state index in [0.717, 1.165) is 11.5 Å². The zero-order valence-electron chi connectivity index (χ0n) is 11.4. The Morgan fingerprint density at radius 2 is 1.89 bits per heavy atom. The third-order valence-corrected chi connectivity index (χ3v) is 3.28. The zero-order chi connectivity index (χ0) is 13.1. The lowest BCUT2D eigenvalue weighted by atomic mass is 9.98. The molecule has 1 aromatic heterocycles. The van der Waals surface area contributed by atoms with E-state index < -0.39 is 0 Å². The van der Waals surface area contributed by atoms with Crippen molar-refractivity contribution in [3.8, 4) is 0 Å². The van der Waals surface area contributed by atoms with E-state index in [2.05, 4.69) is 54.3 Å². The van der Waals surface area contributed by atoms with Crippen LogP contribution in [0.3, 0.4) is 0 Å². The number of anilines is 1. The van der Waals surface area contributed by atoms with Gasteiger partial charge >= 0.3 is 0 Å². The molecule has 0 saturated carbocycles. The Morgan fingerprint density at radius 1 is 1.11 bits per heavy atom. The Hall–Kier alpha value is -1.90. The van der Waals surface area contributed by atoms with Gasteiger partial charge in [-0.25, -0.2) is 9.97 Å². The van der Waals surface area contributed by atoms with Crippen LogP contribution in [0.25, 0.3) is 0 Å². The fourth-order valence-corrected chi connectivity index (χ4v) is 2.08. The van der Waals surface area contributed by atoms with E-state index in [0.29, 0.717) is 0 Å².